The lowest BCUT2D eigenvalue weighted by molar-refractivity contribution is 0.0303. The van der Waals surface area contributed by atoms with Crippen LogP contribution in [0.25, 0.3) is 0 Å². The van der Waals surface area contributed by atoms with Crippen molar-refractivity contribution in [2.75, 3.05) is 38.2 Å². The van der Waals surface area contributed by atoms with Crippen LogP contribution in [0.5, 0.6) is 5.75 Å². The highest BCUT2D eigenvalue weighted by molar-refractivity contribution is 6.09. The summed E-state index contributed by atoms with van der Waals surface area (Å²) in [6.07, 6.45) is 2.02. The van der Waals surface area contributed by atoms with E-state index in [1.807, 2.05) is 6.07 Å². The molecule has 1 fully saturated rings. The zero-order chi connectivity index (χ0) is 19.8. The first kappa shape index (κ1) is 19.9. The highest BCUT2D eigenvalue weighted by atomic mass is 16.5. The van der Waals surface area contributed by atoms with E-state index in [-0.39, 0.29) is 11.8 Å². The molecule has 2 amide bonds. The van der Waals surface area contributed by atoms with E-state index in [0.717, 1.165) is 12.8 Å². The van der Waals surface area contributed by atoms with Crippen molar-refractivity contribution in [2.24, 2.45) is 0 Å². The lowest BCUT2D eigenvalue weighted by atomic mass is 10.1. The number of amides is 2. The molecule has 0 aliphatic carbocycles. The van der Waals surface area contributed by atoms with Gasteiger partial charge in [0.2, 0.25) is 0 Å². The predicted octanol–water partition coefficient (Wildman–Crippen LogP) is 3.59. The molecule has 148 valence electrons. The molecule has 0 unspecified atom stereocenters. The van der Waals surface area contributed by atoms with Gasteiger partial charge in [-0.25, -0.2) is 0 Å². The Labute approximate surface area is 165 Å². The normalized spacial score (nSPS) is 13.8. The van der Waals surface area contributed by atoms with Crippen LogP contribution in [-0.2, 0) is 4.74 Å². The number of benzene rings is 2. The summed E-state index contributed by atoms with van der Waals surface area (Å²) in [6, 6.07) is 14.2. The number of anilines is 1. The number of hydrogen-bond donors (Lipinski definition) is 1. The molecule has 0 saturated carbocycles. The molecule has 6 nitrogen and oxygen atoms in total. The van der Waals surface area contributed by atoms with E-state index in [1.165, 1.54) is 0 Å². The maximum Gasteiger partial charge on any atom is 0.256 e. The van der Waals surface area contributed by atoms with E-state index in [4.69, 9.17) is 9.47 Å². The van der Waals surface area contributed by atoms with Crippen molar-refractivity contribution in [1.82, 2.24) is 4.90 Å². The van der Waals surface area contributed by atoms with E-state index < -0.39 is 0 Å². The van der Waals surface area contributed by atoms with E-state index in [9.17, 15) is 9.59 Å². The van der Waals surface area contributed by atoms with Crippen LogP contribution in [0.4, 0.5) is 5.69 Å². The zero-order valence-corrected chi connectivity index (χ0v) is 16.1. The Hall–Kier alpha value is -2.86. The third kappa shape index (κ3) is 5.10. The molecule has 1 N–H and O–H groups in total. The van der Waals surface area contributed by atoms with Gasteiger partial charge in [-0.1, -0.05) is 31.5 Å². The largest absolute Gasteiger partial charge is 0.494 e. The number of nitrogens with one attached hydrogen (secondary N) is 1. The quantitative estimate of drug-likeness (QED) is 0.743. The summed E-state index contributed by atoms with van der Waals surface area (Å²) < 4.78 is 11.0. The number of carbonyl (C=O) groups is 2. The number of para-hydroxylation sites is 1. The van der Waals surface area contributed by atoms with E-state index >= 15 is 0 Å². The second-order valence-corrected chi connectivity index (χ2v) is 6.63. The first-order chi connectivity index (χ1) is 13.7. The van der Waals surface area contributed by atoms with Gasteiger partial charge in [0.25, 0.3) is 11.8 Å². The number of rotatable bonds is 7. The lowest BCUT2D eigenvalue weighted by Gasteiger charge is -2.27. The molecule has 0 aromatic heterocycles. The molecular weight excluding hydrogens is 356 g/mol. The van der Waals surface area contributed by atoms with Crippen molar-refractivity contribution in [2.45, 2.75) is 19.8 Å². The highest BCUT2D eigenvalue weighted by Crippen LogP contribution is 2.20. The Morgan fingerprint density at radius 3 is 2.68 bits per heavy atom. The van der Waals surface area contributed by atoms with Crippen LogP contribution in [0, 0.1) is 0 Å². The number of carbonyl (C=O) groups excluding carboxylic acids is 2. The number of nitrogens with zero attached hydrogens (tertiary/aromatic N) is 1. The van der Waals surface area contributed by atoms with Crippen molar-refractivity contribution in [3.8, 4) is 5.75 Å². The second kappa shape index (κ2) is 9.90. The van der Waals surface area contributed by atoms with Crippen LogP contribution < -0.4 is 10.1 Å². The monoisotopic (exact) mass is 382 g/mol. The van der Waals surface area contributed by atoms with Gasteiger partial charge in [0.15, 0.2) is 0 Å². The Morgan fingerprint density at radius 1 is 1.11 bits per heavy atom. The molecule has 1 heterocycles. The Balaban J connectivity index is 1.72. The first-order valence-corrected chi connectivity index (χ1v) is 9.69. The van der Waals surface area contributed by atoms with Gasteiger partial charge in [-0.3, -0.25) is 9.59 Å². The van der Waals surface area contributed by atoms with Gasteiger partial charge in [-0.05, 0) is 36.8 Å². The van der Waals surface area contributed by atoms with E-state index in [1.54, 1.807) is 47.4 Å². The number of ether oxygens (including phenoxy) is 2. The fourth-order valence-corrected chi connectivity index (χ4v) is 2.97. The predicted molar refractivity (Wildman–Crippen MR) is 108 cm³/mol. The minimum atomic E-state index is -0.275. The van der Waals surface area contributed by atoms with Gasteiger partial charge in [0.05, 0.1) is 31.1 Å². The molecule has 28 heavy (non-hydrogen) atoms. The molecule has 6 heteroatoms. The van der Waals surface area contributed by atoms with Crippen LogP contribution in [0.15, 0.2) is 48.5 Å². The van der Waals surface area contributed by atoms with Gasteiger partial charge >= 0.3 is 0 Å². The van der Waals surface area contributed by atoms with Crippen molar-refractivity contribution in [1.29, 1.82) is 0 Å². The van der Waals surface area contributed by atoms with Crippen molar-refractivity contribution in [3.05, 3.63) is 59.7 Å². The summed E-state index contributed by atoms with van der Waals surface area (Å²) >= 11 is 0. The van der Waals surface area contributed by atoms with Crippen molar-refractivity contribution < 1.29 is 19.1 Å². The first-order valence-electron chi connectivity index (χ1n) is 9.69. The standard InChI is InChI=1S/C22H26N2O4/c1-2-3-13-28-18-8-6-7-17(16-18)21(25)23-20-10-5-4-9-19(20)22(26)24-11-14-27-15-12-24/h4-10,16H,2-3,11-15H2,1H3,(H,23,25). The molecule has 0 radical (unpaired) electrons. The van der Waals surface area contributed by atoms with Crippen molar-refractivity contribution in [3.63, 3.8) is 0 Å². The molecule has 1 aliphatic heterocycles. The van der Waals surface area contributed by atoms with Gasteiger partial charge in [0, 0.05) is 18.7 Å². The van der Waals surface area contributed by atoms with Crippen LogP contribution >= 0.6 is 0 Å². The summed E-state index contributed by atoms with van der Waals surface area (Å²) in [4.78, 5) is 27.3. The molecule has 2 aromatic carbocycles. The molecule has 1 saturated heterocycles. The maximum atomic E-state index is 12.8. The van der Waals surface area contributed by atoms with E-state index in [0.29, 0.717) is 55.5 Å². The average Bonchev–Trinajstić information content (AvgIpc) is 2.75. The smallest absolute Gasteiger partial charge is 0.256 e. The van der Waals surface area contributed by atoms with Gasteiger partial charge in [-0.15, -0.1) is 0 Å². The summed E-state index contributed by atoms with van der Waals surface area (Å²) in [6.45, 7) is 4.90. The Morgan fingerprint density at radius 2 is 1.89 bits per heavy atom. The summed E-state index contributed by atoms with van der Waals surface area (Å²) in [5.41, 5.74) is 1.47. The van der Waals surface area contributed by atoms with Crippen LogP contribution in [0.1, 0.15) is 40.5 Å². The SMILES string of the molecule is CCCCOc1cccc(C(=O)Nc2ccccc2C(=O)N2CCOCC2)c1. The maximum absolute atomic E-state index is 12.8. The summed E-state index contributed by atoms with van der Waals surface area (Å²) in [7, 11) is 0. The minimum Gasteiger partial charge on any atom is -0.494 e. The molecule has 0 atom stereocenters. The Kier molecular flexibility index (Phi) is 7.03. The number of hydrogen-bond acceptors (Lipinski definition) is 4. The minimum absolute atomic E-state index is 0.101. The van der Waals surface area contributed by atoms with Crippen LogP contribution in [0.2, 0.25) is 0 Å². The summed E-state index contributed by atoms with van der Waals surface area (Å²) in [5, 5.41) is 2.87. The third-order valence-electron chi connectivity index (χ3n) is 4.57. The molecular formula is C22H26N2O4. The number of unbranched alkanes of at least 4 members (excludes halogenated alkanes) is 1. The molecule has 2 aromatic rings. The zero-order valence-electron chi connectivity index (χ0n) is 16.1. The number of morpholine rings is 1. The average molecular weight is 382 g/mol. The lowest BCUT2D eigenvalue weighted by Crippen LogP contribution is -2.41. The van der Waals surface area contributed by atoms with E-state index in [2.05, 4.69) is 12.2 Å². The van der Waals surface area contributed by atoms with Gasteiger partial charge in [0.1, 0.15) is 5.75 Å². The topological polar surface area (TPSA) is 67.9 Å². The highest BCUT2D eigenvalue weighted by Gasteiger charge is 2.21. The fourth-order valence-electron chi connectivity index (χ4n) is 2.97. The molecule has 0 bridgehead atoms. The molecule has 3 rings (SSSR count). The fraction of sp³-hybridized carbons (Fsp3) is 0.364. The second-order valence-electron chi connectivity index (χ2n) is 6.63. The third-order valence-corrected chi connectivity index (χ3v) is 4.57. The van der Waals surface area contributed by atoms with Crippen LogP contribution in [-0.4, -0.2) is 49.6 Å². The van der Waals surface area contributed by atoms with Gasteiger partial charge < -0.3 is 19.7 Å². The molecule has 1 aliphatic rings. The molecule has 0 spiro atoms. The summed E-state index contributed by atoms with van der Waals surface area (Å²) in [5.74, 6) is 0.290. The van der Waals surface area contributed by atoms with Crippen molar-refractivity contribution >= 4 is 17.5 Å². The van der Waals surface area contributed by atoms with Gasteiger partial charge in [-0.2, -0.15) is 0 Å². The van der Waals surface area contributed by atoms with Crippen LogP contribution in [0.3, 0.4) is 0 Å². The Bertz CT molecular complexity index is 816.